The average Bonchev–Trinajstić information content (AvgIpc) is 2.64. The van der Waals surface area contributed by atoms with Crippen molar-refractivity contribution in [2.75, 3.05) is 44.2 Å². The summed E-state index contributed by atoms with van der Waals surface area (Å²) in [7, 11) is 0. The van der Waals surface area contributed by atoms with E-state index >= 15 is 0 Å². The molecule has 0 aromatic carbocycles. The Morgan fingerprint density at radius 3 is 2.63 bits per heavy atom. The molecule has 2 amide bonds. The van der Waals surface area contributed by atoms with Gasteiger partial charge in [0.25, 0.3) is 0 Å². The lowest BCUT2D eigenvalue weighted by molar-refractivity contribution is 0.190. The molecule has 110 valence electrons. The quantitative estimate of drug-likeness (QED) is 0.860. The fourth-order valence-corrected chi connectivity index (χ4v) is 4.09. The molecule has 2 fully saturated rings. The molecule has 19 heavy (non-hydrogen) atoms. The van der Waals surface area contributed by atoms with Gasteiger partial charge in [0, 0.05) is 50.3 Å². The third-order valence-electron chi connectivity index (χ3n) is 4.05. The maximum atomic E-state index is 12.2. The van der Waals surface area contributed by atoms with Crippen LogP contribution < -0.4 is 5.32 Å². The maximum Gasteiger partial charge on any atom is 0.317 e. The van der Waals surface area contributed by atoms with Crippen LogP contribution in [0.5, 0.6) is 0 Å². The molecule has 0 bridgehead atoms. The monoisotopic (exact) mass is 285 g/mol. The van der Waals surface area contributed by atoms with Crippen LogP contribution in [-0.2, 0) is 0 Å². The normalized spacial score (nSPS) is 27.5. The smallest absolute Gasteiger partial charge is 0.317 e. The van der Waals surface area contributed by atoms with Gasteiger partial charge < -0.3 is 10.2 Å². The van der Waals surface area contributed by atoms with Crippen LogP contribution >= 0.6 is 11.8 Å². The van der Waals surface area contributed by atoms with Gasteiger partial charge in [-0.05, 0) is 18.8 Å². The average molecular weight is 285 g/mol. The zero-order valence-electron chi connectivity index (χ0n) is 12.4. The molecule has 0 aromatic rings. The Balaban J connectivity index is 1.69. The van der Waals surface area contributed by atoms with Gasteiger partial charge in [-0.15, -0.1) is 0 Å². The molecule has 1 atom stereocenters. The second-order valence-corrected chi connectivity index (χ2v) is 7.76. The number of hydrogen-bond donors (Lipinski definition) is 1. The van der Waals surface area contributed by atoms with Crippen molar-refractivity contribution < 1.29 is 4.79 Å². The highest BCUT2D eigenvalue weighted by Gasteiger charge is 2.37. The van der Waals surface area contributed by atoms with Crippen LogP contribution in [0.15, 0.2) is 0 Å². The Kier molecular flexibility index (Phi) is 5.01. The van der Waals surface area contributed by atoms with E-state index in [-0.39, 0.29) is 11.4 Å². The number of rotatable bonds is 3. The number of hydrogen-bond acceptors (Lipinski definition) is 3. The number of amides is 2. The first kappa shape index (κ1) is 15.0. The summed E-state index contributed by atoms with van der Waals surface area (Å²) in [6, 6.07) is 0.478. The molecular formula is C14H27N3OS. The number of urea groups is 1. The van der Waals surface area contributed by atoms with Gasteiger partial charge in [-0.3, -0.25) is 4.90 Å². The molecule has 0 aliphatic carbocycles. The van der Waals surface area contributed by atoms with Crippen LogP contribution in [0.4, 0.5) is 4.79 Å². The lowest BCUT2D eigenvalue weighted by atomic mass is 9.91. The SMILES string of the molecule is CC1CC(C)(C)CN1C(=O)NCCN1CCSCC1. The van der Waals surface area contributed by atoms with Crippen molar-refractivity contribution >= 4 is 17.8 Å². The number of nitrogens with zero attached hydrogens (tertiary/aromatic N) is 2. The molecule has 1 unspecified atom stereocenters. The molecule has 2 heterocycles. The van der Waals surface area contributed by atoms with Crippen molar-refractivity contribution in [3.8, 4) is 0 Å². The fourth-order valence-electron chi connectivity index (χ4n) is 3.11. The van der Waals surface area contributed by atoms with Gasteiger partial charge in [0.05, 0.1) is 0 Å². The van der Waals surface area contributed by atoms with Gasteiger partial charge in [-0.2, -0.15) is 11.8 Å². The second kappa shape index (κ2) is 6.35. The van der Waals surface area contributed by atoms with E-state index in [1.165, 1.54) is 11.5 Å². The highest BCUT2D eigenvalue weighted by molar-refractivity contribution is 7.99. The number of thioether (sulfide) groups is 1. The summed E-state index contributed by atoms with van der Waals surface area (Å²) in [4.78, 5) is 16.6. The molecule has 0 radical (unpaired) electrons. The predicted octanol–water partition coefficient (Wildman–Crippen LogP) is 1.87. The molecule has 2 rings (SSSR count). The van der Waals surface area contributed by atoms with Crippen molar-refractivity contribution in [2.24, 2.45) is 5.41 Å². The van der Waals surface area contributed by atoms with Gasteiger partial charge in [-0.1, -0.05) is 13.8 Å². The highest BCUT2D eigenvalue weighted by Crippen LogP contribution is 2.33. The van der Waals surface area contributed by atoms with E-state index in [2.05, 4.69) is 31.0 Å². The minimum atomic E-state index is 0.115. The van der Waals surface area contributed by atoms with Gasteiger partial charge in [0.15, 0.2) is 0 Å². The fraction of sp³-hybridized carbons (Fsp3) is 0.929. The van der Waals surface area contributed by atoms with E-state index < -0.39 is 0 Å². The Labute approximate surface area is 121 Å². The summed E-state index contributed by atoms with van der Waals surface area (Å²) in [5.74, 6) is 2.45. The molecule has 4 nitrogen and oxygen atoms in total. The van der Waals surface area contributed by atoms with Crippen LogP contribution in [0.2, 0.25) is 0 Å². The van der Waals surface area contributed by atoms with E-state index in [0.717, 1.165) is 39.1 Å². The lowest BCUT2D eigenvalue weighted by Gasteiger charge is -2.27. The van der Waals surface area contributed by atoms with E-state index in [0.29, 0.717) is 6.04 Å². The number of nitrogens with one attached hydrogen (secondary N) is 1. The van der Waals surface area contributed by atoms with Crippen LogP contribution in [0.3, 0.4) is 0 Å². The Hall–Kier alpha value is -0.420. The summed E-state index contributed by atoms with van der Waals surface area (Å²) >= 11 is 2.02. The van der Waals surface area contributed by atoms with Gasteiger partial charge in [0.2, 0.25) is 0 Å². The van der Waals surface area contributed by atoms with Gasteiger partial charge >= 0.3 is 6.03 Å². The molecule has 2 aliphatic rings. The first-order chi connectivity index (χ1) is 8.98. The molecule has 5 heteroatoms. The summed E-state index contributed by atoms with van der Waals surface area (Å²) in [5.41, 5.74) is 0.265. The molecule has 0 spiro atoms. The summed E-state index contributed by atoms with van der Waals surface area (Å²) in [5, 5.41) is 3.08. The van der Waals surface area contributed by atoms with Gasteiger partial charge in [0.1, 0.15) is 0 Å². The van der Waals surface area contributed by atoms with E-state index in [4.69, 9.17) is 0 Å². The van der Waals surface area contributed by atoms with Crippen LogP contribution in [-0.4, -0.2) is 66.1 Å². The summed E-state index contributed by atoms with van der Waals surface area (Å²) in [6.45, 7) is 11.6. The number of likely N-dealkylation sites (tertiary alicyclic amines) is 1. The van der Waals surface area contributed by atoms with Crippen molar-refractivity contribution in [1.82, 2.24) is 15.1 Å². The van der Waals surface area contributed by atoms with E-state index in [9.17, 15) is 4.79 Å². The summed E-state index contributed by atoms with van der Waals surface area (Å²) in [6.07, 6.45) is 1.10. The second-order valence-electron chi connectivity index (χ2n) is 6.53. The Morgan fingerprint density at radius 1 is 1.37 bits per heavy atom. The topological polar surface area (TPSA) is 35.6 Å². The zero-order chi connectivity index (χ0) is 13.9. The standard InChI is InChI=1S/C14H27N3OS/c1-12-10-14(2,3)11-17(12)13(18)15-4-5-16-6-8-19-9-7-16/h12H,4-11H2,1-3H3,(H,15,18). The third kappa shape index (κ3) is 4.28. The lowest BCUT2D eigenvalue weighted by Crippen LogP contribution is -2.45. The number of carbonyl (C=O) groups is 1. The molecular weight excluding hydrogens is 258 g/mol. The first-order valence-corrected chi connectivity index (χ1v) is 8.48. The van der Waals surface area contributed by atoms with Crippen LogP contribution in [0, 0.1) is 5.41 Å². The van der Waals surface area contributed by atoms with E-state index in [1.807, 2.05) is 16.7 Å². The molecule has 1 N–H and O–H groups in total. The highest BCUT2D eigenvalue weighted by atomic mass is 32.2. The van der Waals surface area contributed by atoms with Gasteiger partial charge in [-0.25, -0.2) is 4.79 Å². The molecule has 2 aliphatic heterocycles. The predicted molar refractivity (Wildman–Crippen MR) is 81.7 cm³/mol. The largest absolute Gasteiger partial charge is 0.337 e. The molecule has 2 saturated heterocycles. The third-order valence-corrected chi connectivity index (χ3v) is 4.99. The van der Waals surface area contributed by atoms with Crippen molar-refractivity contribution in [2.45, 2.75) is 33.2 Å². The molecule has 0 aromatic heterocycles. The summed E-state index contributed by atoms with van der Waals surface area (Å²) < 4.78 is 0. The minimum absolute atomic E-state index is 0.115. The molecule has 0 saturated carbocycles. The van der Waals surface area contributed by atoms with Crippen molar-refractivity contribution in [3.05, 3.63) is 0 Å². The number of carbonyl (C=O) groups excluding carboxylic acids is 1. The minimum Gasteiger partial charge on any atom is -0.337 e. The zero-order valence-corrected chi connectivity index (χ0v) is 13.3. The van der Waals surface area contributed by atoms with Crippen molar-refractivity contribution in [3.63, 3.8) is 0 Å². The van der Waals surface area contributed by atoms with Crippen LogP contribution in [0.1, 0.15) is 27.2 Å². The van der Waals surface area contributed by atoms with E-state index in [1.54, 1.807) is 0 Å². The first-order valence-electron chi connectivity index (χ1n) is 7.32. The Morgan fingerprint density at radius 2 is 2.05 bits per heavy atom. The van der Waals surface area contributed by atoms with Crippen LogP contribution in [0.25, 0.3) is 0 Å². The Bertz CT molecular complexity index is 316. The van der Waals surface area contributed by atoms with Crippen molar-refractivity contribution in [1.29, 1.82) is 0 Å². The maximum absolute atomic E-state index is 12.2.